The van der Waals surface area contributed by atoms with Crippen LogP contribution in [0.4, 0.5) is 0 Å². The van der Waals surface area contributed by atoms with Crippen LogP contribution in [0.1, 0.15) is 25.7 Å². The molecule has 74 valence electrons. The van der Waals surface area contributed by atoms with Crippen LogP contribution in [0.25, 0.3) is 0 Å². The van der Waals surface area contributed by atoms with Crippen molar-refractivity contribution in [2.24, 2.45) is 11.8 Å². The van der Waals surface area contributed by atoms with E-state index < -0.39 is 0 Å². The summed E-state index contributed by atoms with van der Waals surface area (Å²) in [6.45, 7) is 1.24. The highest BCUT2D eigenvalue weighted by Gasteiger charge is 2.44. The Balaban J connectivity index is 1.66. The van der Waals surface area contributed by atoms with Crippen molar-refractivity contribution < 1.29 is 9.94 Å². The SMILES string of the molecule is O[C@H]1CON(C2CC3CCC2C3)C1. The summed E-state index contributed by atoms with van der Waals surface area (Å²) in [5, 5.41) is 11.4. The Bertz CT molecular complexity index is 209. The van der Waals surface area contributed by atoms with Crippen molar-refractivity contribution in [2.45, 2.75) is 37.8 Å². The molecule has 3 fully saturated rings. The summed E-state index contributed by atoms with van der Waals surface area (Å²) in [5.41, 5.74) is 0. The molecule has 2 bridgehead atoms. The van der Waals surface area contributed by atoms with E-state index in [1.54, 1.807) is 0 Å². The van der Waals surface area contributed by atoms with Gasteiger partial charge in [-0.1, -0.05) is 6.42 Å². The topological polar surface area (TPSA) is 32.7 Å². The third-order valence-corrected chi connectivity index (χ3v) is 3.89. The van der Waals surface area contributed by atoms with Crippen LogP contribution in [0.2, 0.25) is 0 Å². The highest BCUT2D eigenvalue weighted by Crippen LogP contribution is 2.47. The third-order valence-electron chi connectivity index (χ3n) is 3.89. The molecule has 0 amide bonds. The second-order valence-electron chi connectivity index (χ2n) is 4.79. The van der Waals surface area contributed by atoms with Crippen LogP contribution in [0.5, 0.6) is 0 Å². The van der Waals surface area contributed by atoms with E-state index in [1.807, 2.05) is 0 Å². The molecular weight excluding hydrogens is 166 g/mol. The van der Waals surface area contributed by atoms with E-state index in [-0.39, 0.29) is 6.10 Å². The van der Waals surface area contributed by atoms with Gasteiger partial charge in [0.1, 0.15) is 0 Å². The standard InChI is InChI=1S/C10H17NO2/c12-9-5-11(13-6-9)10-4-7-1-2-8(10)3-7/h7-10,12H,1-6H2/t7?,8?,9-,10?/m1/s1. The summed E-state index contributed by atoms with van der Waals surface area (Å²) in [4.78, 5) is 5.49. The Morgan fingerprint density at radius 1 is 1.23 bits per heavy atom. The predicted octanol–water partition coefficient (Wildman–Crippen LogP) is 0.783. The smallest absolute Gasteiger partial charge is 0.0958 e. The van der Waals surface area contributed by atoms with Gasteiger partial charge in [-0.15, -0.1) is 0 Å². The molecule has 0 aromatic heterocycles. The number of hydrogen-bond acceptors (Lipinski definition) is 3. The van der Waals surface area contributed by atoms with Crippen molar-refractivity contribution in [3.8, 4) is 0 Å². The third kappa shape index (κ3) is 1.30. The number of aliphatic hydroxyl groups is 1. The fourth-order valence-electron chi connectivity index (χ4n) is 3.29. The maximum Gasteiger partial charge on any atom is 0.0958 e. The Morgan fingerprint density at radius 2 is 2.15 bits per heavy atom. The average molecular weight is 183 g/mol. The number of β-amino-alcohol motifs (C(OH)–C–C–N with tert-alkyl or cyclic N) is 1. The molecular formula is C10H17NO2. The largest absolute Gasteiger partial charge is 0.389 e. The first-order chi connectivity index (χ1) is 6.33. The van der Waals surface area contributed by atoms with E-state index in [0.717, 1.165) is 18.4 Å². The van der Waals surface area contributed by atoms with Crippen LogP contribution >= 0.6 is 0 Å². The van der Waals surface area contributed by atoms with E-state index in [4.69, 9.17) is 4.84 Å². The van der Waals surface area contributed by atoms with Gasteiger partial charge in [-0.05, 0) is 31.1 Å². The molecule has 0 radical (unpaired) electrons. The zero-order chi connectivity index (χ0) is 8.84. The van der Waals surface area contributed by atoms with Crippen molar-refractivity contribution in [1.29, 1.82) is 0 Å². The molecule has 1 aliphatic heterocycles. The number of rotatable bonds is 1. The monoisotopic (exact) mass is 183 g/mol. The molecule has 1 heterocycles. The van der Waals surface area contributed by atoms with E-state index in [0.29, 0.717) is 12.6 Å². The molecule has 3 heteroatoms. The highest BCUT2D eigenvalue weighted by molar-refractivity contribution is 4.94. The Morgan fingerprint density at radius 3 is 2.69 bits per heavy atom. The molecule has 4 atom stereocenters. The first kappa shape index (κ1) is 8.21. The van der Waals surface area contributed by atoms with Crippen LogP contribution in [0.15, 0.2) is 0 Å². The summed E-state index contributed by atoms with van der Waals surface area (Å²) in [7, 11) is 0. The lowest BCUT2D eigenvalue weighted by molar-refractivity contribution is -0.152. The van der Waals surface area contributed by atoms with E-state index in [2.05, 4.69) is 5.06 Å². The quantitative estimate of drug-likeness (QED) is 0.652. The minimum Gasteiger partial charge on any atom is -0.389 e. The van der Waals surface area contributed by atoms with E-state index in [1.165, 1.54) is 25.7 Å². The fraction of sp³-hybridized carbons (Fsp3) is 1.00. The van der Waals surface area contributed by atoms with Gasteiger partial charge < -0.3 is 5.11 Å². The molecule has 0 spiro atoms. The normalized spacial score (nSPS) is 50.5. The summed E-state index contributed by atoms with van der Waals surface area (Å²) < 4.78 is 0. The number of hydroxylamine groups is 2. The van der Waals surface area contributed by atoms with Crippen LogP contribution in [-0.2, 0) is 4.84 Å². The molecule has 2 aliphatic carbocycles. The zero-order valence-corrected chi connectivity index (χ0v) is 7.85. The van der Waals surface area contributed by atoms with Crippen molar-refractivity contribution >= 4 is 0 Å². The van der Waals surface area contributed by atoms with Crippen LogP contribution in [0, 0.1) is 11.8 Å². The number of fused-ring (bicyclic) bond motifs is 2. The van der Waals surface area contributed by atoms with Crippen LogP contribution in [0.3, 0.4) is 0 Å². The average Bonchev–Trinajstić information content (AvgIpc) is 2.77. The van der Waals surface area contributed by atoms with Crippen molar-refractivity contribution in [3.05, 3.63) is 0 Å². The van der Waals surface area contributed by atoms with E-state index >= 15 is 0 Å². The maximum atomic E-state index is 9.36. The minimum atomic E-state index is -0.251. The lowest BCUT2D eigenvalue weighted by Crippen LogP contribution is -2.36. The van der Waals surface area contributed by atoms with Crippen molar-refractivity contribution in [3.63, 3.8) is 0 Å². The second kappa shape index (κ2) is 2.94. The first-order valence-electron chi connectivity index (χ1n) is 5.40. The molecule has 3 unspecified atom stereocenters. The molecule has 3 aliphatic rings. The predicted molar refractivity (Wildman–Crippen MR) is 47.9 cm³/mol. The van der Waals surface area contributed by atoms with Crippen LogP contribution < -0.4 is 0 Å². The first-order valence-corrected chi connectivity index (χ1v) is 5.40. The summed E-state index contributed by atoms with van der Waals surface area (Å²) in [5.74, 6) is 1.81. The van der Waals surface area contributed by atoms with Gasteiger partial charge in [0.2, 0.25) is 0 Å². The molecule has 0 aromatic carbocycles. The second-order valence-corrected chi connectivity index (χ2v) is 4.79. The lowest BCUT2D eigenvalue weighted by Gasteiger charge is -2.29. The van der Waals surface area contributed by atoms with Gasteiger partial charge in [0.25, 0.3) is 0 Å². The number of aliphatic hydroxyl groups excluding tert-OH is 1. The molecule has 0 aromatic rings. The molecule has 13 heavy (non-hydrogen) atoms. The Hall–Kier alpha value is -0.120. The molecule has 1 saturated heterocycles. The van der Waals surface area contributed by atoms with Crippen molar-refractivity contribution in [2.75, 3.05) is 13.2 Å². The lowest BCUT2D eigenvalue weighted by atomic mass is 9.95. The zero-order valence-electron chi connectivity index (χ0n) is 7.85. The van der Waals surface area contributed by atoms with Gasteiger partial charge in [-0.25, -0.2) is 0 Å². The van der Waals surface area contributed by atoms with Crippen molar-refractivity contribution in [1.82, 2.24) is 5.06 Å². The number of nitrogens with zero attached hydrogens (tertiary/aromatic N) is 1. The van der Waals surface area contributed by atoms with Gasteiger partial charge in [0.15, 0.2) is 0 Å². The molecule has 1 N–H and O–H groups in total. The summed E-state index contributed by atoms with van der Waals surface area (Å²) in [6, 6.07) is 0.621. The van der Waals surface area contributed by atoms with Gasteiger partial charge in [0.05, 0.1) is 19.3 Å². The fourth-order valence-corrected chi connectivity index (χ4v) is 3.29. The van der Waals surface area contributed by atoms with Crippen LogP contribution in [-0.4, -0.2) is 35.5 Å². The van der Waals surface area contributed by atoms with E-state index in [9.17, 15) is 5.11 Å². The summed E-state index contributed by atoms with van der Waals surface area (Å²) >= 11 is 0. The molecule has 2 saturated carbocycles. The minimum absolute atomic E-state index is 0.251. The highest BCUT2D eigenvalue weighted by atomic mass is 16.7. The van der Waals surface area contributed by atoms with Gasteiger partial charge in [-0.3, -0.25) is 4.84 Å². The maximum absolute atomic E-state index is 9.36. The van der Waals surface area contributed by atoms with Gasteiger partial charge >= 0.3 is 0 Å². The molecule has 3 nitrogen and oxygen atoms in total. The van der Waals surface area contributed by atoms with Gasteiger partial charge in [-0.2, -0.15) is 5.06 Å². The Labute approximate surface area is 78.6 Å². The Kier molecular flexibility index (Phi) is 1.86. The number of hydrogen-bond donors (Lipinski definition) is 1. The summed E-state index contributed by atoms with van der Waals surface area (Å²) in [6.07, 6.45) is 5.26. The molecule has 3 rings (SSSR count). The van der Waals surface area contributed by atoms with Gasteiger partial charge in [0, 0.05) is 6.04 Å².